The number of rotatable bonds is 4. The van der Waals surface area contributed by atoms with Gasteiger partial charge in [0.2, 0.25) is 5.91 Å². The average molecular weight is 436 g/mol. The van der Waals surface area contributed by atoms with Crippen LogP contribution in [0, 0.1) is 11.3 Å². The van der Waals surface area contributed by atoms with Crippen molar-refractivity contribution in [2.24, 2.45) is 11.3 Å². The van der Waals surface area contributed by atoms with E-state index in [4.69, 9.17) is 4.74 Å². The van der Waals surface area contributed by atoms with Crippen LogP contribution in [0.1, 0.15) is 65.2 Å². The lowest BCUT2D eigenvalue weighted by Crippen LogP contribution is -2.63. The van der Waals surface area contributed by atoms with Gasteiger partial charge in [0.25, 0.3) is 0 Å². The Kier molecular flexibility index (Phi) is 8.11. The van der Waals surface area contributed by atoms with Crippen molar-refractivity contribution in [1.82, 2.24) is 15.5 Å². The zero-order valence-electron chi connectivity index (χ0n) is 17.6. The lowest BCUT2D eigenvalue weighted by molar-refractivity contribution is -0.130. The number of morpholine rings is 1. The van der Waals surface area contributed by atoms with Gasteiger partial charge < -0.3 is 15.4 Å². The van der Waals surface area contributed by atoms with Crippen LogP contribution < -0.4 is 10.6 Å². The van der Waals surface area contributed by atoms with Crippen LogP contribution in [0.3, 0.4) is 0 Å². The van der Waals surface area contributed by atoms with E-state index in [1.165, 1.54) is 44.9 Å². The Hall–Kier alpha value is -0.0700. The Balaban J connectivity index is 0.00000140. The topological polar surface area (TPSA) is 53.6 Å². The number of piperidine rings is 1. The van der Waals surface area contributed by atoms with E-state index in [-0.39, 0.29) is 41.9 Å². The van der Waals surface area contributed by atoms with Crippen LogP contribution in [0.15, 0.2) is 0 Å². The van der Waals surface area contributed by atoms with Crippen molar-refractivity contribution in [3.05, 3.63) is 0 Å². The Morgan fingerprint density at radius 1 is 1.11 bits per heavy atom. The number of hydrogen-bond donors (Lipinski definition) is 2. The van der Waals surface area contributed by atoms with Crippen LogP contribution in [0.25, 0.3) is 0 Å². The van der Waals surface area contributed by atoms with Gasteiger partial charge >= 0.3 is 0 Å². The number of nitrogens with zero attached hydrogens (tertiary/aromatic N) is 1. The molecular formula is C21H39Cl2N3O2. The maximum atomic E-state index is 12.9. The molecule has 1 amide bonds. The van der Waals surface area contributed by atoms with Crippen molar-refractivity contribution in [2.75, 3.05) is 39.3 Å². The second-order valence-electron chi connectivity index (χ2n) is 9.90. The summed E-state index contributed by atoms with van der Waals surface area (Å²) >= 11 is 0. The molecule has 1 unspecified atom stereocenters. The molecule has 4 rings (SSSR count). The molecule has 2 aliphatic heterocycles. The van der Waals surface area contributed by atoms with E-state index in [0.717, 1.165) is 45.8 Å². The van der Waals surface area contributed by atoms with Gasteiger partial charge in [-0.2, -0.15) is 0 Å². The molecule has 0 bridgehead atoms. The maximum Gasteiger partial charge on any atom is 0.223 e. The van der Waals surface area contributed by atoms with Gasteiger partial charge in [0, 0.05) is 31.1 Å². The molecule has 2 aliphatic carbocycles. The van der Waals surface area contributed by atoms with Crippen molar-refractivity contribution in [1.29, 1.82) is 0 Å². The molecule has 2 saturated heterocycles. The van der Waals surface area contributed by atoms with E-state index in [1.54, 1.807) is 0 Å². The lowest BCUT2D eigenvalue weighted by atomic mass is 9.79. The third kappa shape index (κ3) is 4.97. The van der Waals surface area contributed by atoms with Crippen LogP contribution >= 0.6 is 24.8 Å². The van der Waals surface area contributed by atoms with Gasteiger partial charge in [-0.3, -0.25) is 9.69 Å². The summed E-state index contributed by atoms with van der Waals surface area (Å²) in [6.45, 7) is 10.2. The molecular weight excluding hydrogens is 397 g/mol. The second-order valence-corrected chi connectivity index (χ2v) is 9.90. The minimum Gasteiger partial charge on any atom is -0.373 e. The highest BCUT2D eigenvalue weighted by atomic mass is 35.5. The highest BCUT2D eigenvalue weighted by molar-refractivity contribution is 5.85. The van der Waals surface area contributed by atoms with Gasteiger partial charge in [-0.25, -0.2) is 0 Å². The van der Waals surface area contributed by atoms with Crippen molar-refractivity contribution in [3.8, 4) is 0 Å². The first-order valence-electron chi connectivity index (χ1n) is 10.8. The van der Waals surface area contributed by atoms with E-state index in [0.29, 0.717) is 11.3 Å². The minimum absolute atomic E-state index is 0. The van der Waals surface area contributed by atoms with Gasteiger partial charge in [0.05, 0.1) is 12.2 Å². The third-order valence-electron chi connectivity index (χ3n) is 7.58. The van der Waals surface area contributed by atoms with Gasteiger partial charge in [-0.1, -0.05) is 19.3 Å². The molecule has 4 fully saturated rings. The largest absolute Gasteiger partial charge is 0.373 e. The van der Waals surface area contributed by atoms with Crippen LogP contribution in [-0.4, -0.2) is 61.3 Å². The smallest absolute Gasteiger partial charge is 0.223 e. The Labute approximate surface area is 182 Å². The molecule has 28 heavy (non-hydrogen) atoms. The number of hydrogen-bond acceptors (Lipinski definition) is 4. The number of nitrogens with one attached hydrogen (secondary N) is 2. The fraction of sp³-hybridized carbons (Fsp3) is 0.952. The molecule has 2 heterocycles. The molecule has 4 aliphatic rings. The SMILES string of the molecule is CC1(C)CN(C2(CNC(=O)C3CC34CCNCC4)CCCCC2)CCO1.Cl.Cl. The summed E-state index contributed by atoms with van der Waals surface area (Å²) in [4.78, 5) is 15.5. The van der Waals surface area contributed by atoms with Crippen LogP contribution in [-0.2, 0) is 9.53 Å². The number of halogens is 2. The molecule has 7 heteroatoms. The Morgan fingerprint density at radius 2 is 1.79 bits per heavy atom. The summed E-state index contributed by atoms with van der Waals surface area (Å²) < 4.78 is 5.95. The summed E-state index contributed by atoms with van der Waals surface area (Å²) in [5, 5.41) is 6.84. The van der Waals surface area contributed by atoms with Crippen LogP contribution in [0.5, 0.6) is 0 Å². The summed E-state index contributed by atoms with van der Waals surface area (Å²) in [5.41, 5.74) is 0.392. The monoisotopic (exact) mass is 435 g/mol. The first-order valence-corrected chi connectivity index (χ1v) is 10.8. The first-order chi connectivity index (χ1) is 12.4. The highest BCUT2D eigenvalue weighted by Crippen LogP contribution is 2.58. The molecule has 1 spiro atoms. The minimum atomic E-state index is -0.0810. The summed E-state index contributed by atoms with van der Waals surface area (Å²) in [7, 11) is 0. The molecule has 2 N–H and O–H groups in total. The Bertz CT molecular complexity index is 532. The molecule has 1 atom stereocenters. The fourth-order valence-electron chi connectivity index (χ4n) is 5.81. The molecule has 0 aromatic carbocycles. The van der Waals surface area contributed by atoms with Gasteiger partial charge in [-0.05, 0) is 64.5 Å². The van der Waals surface area contributed by atoms with Gasteiger partial charge in [-0.15, -0.1) is 24.8 Å². The van der Waals surface area contributed by atoms with Crippen LogP contribution in [0.4, 0.5) is 0 Å². The van der Waals surface area contributed by atoms with Crippen molar-refractivity contribution in [3.63, 3.8) is 0 Å². The number of carbonyl (C=O) groups excluding carboxylic acids is 1. The Morgan fingerprint density at radius 3 is 2.43 bits per heavy atom. The average Bonchev–Trinajstić information content (AvgIpc) is 3.33. The fourth-order valence-corrected chi connectivity index (χ4v) is 5.81. The zero-order chi connectivity index (χ0) is 18.3. The van der Waals surface area contributed by atoms with E-state index in [2.05, 4.69) is 29.4 Å². The quantitative estimate of drug-likeness (QED) is 0.711. The van der Waals surface area contributed by atoms with E-state index >= 15 is 0 Å². The predicted molar refractivity (Wildman–Crippen MR) is 118 cm³/mol. The van der Waals surface area contributed by atoms with Crippen LogP contribution in [0.2, 0.25) is 0 Å². The van der Waals surface area contributed by atoms with E-state index in [1.807, 2.05) is 0 Å². The molecule has 0 aromatic rings. The summed E-state index contributed by atoms with van der Waals surface area (Å²) in [5.74, 6) is 0.593. The number of carbonyl (C=O) groups is 1. The molecule has 0 radical (unpaired) electrons. The van der Waals surface area contributed by atoms with Crippen molar-refractivity contribution in [2.45, 2.75) is 76.4 Å². The summed E-state index contributed by atoms with van der Waals surface area (Å²) in [6, 6.07) is 0. The van der Waals surface area contributed by atoms with Crippen molar-refractivity contribution < 1.29 is 9.53 Å². The van der Waals surface area contributed by atoms with Crippen molar-refractivity contribution >= 4 is 30.7 Å². The number of amides is 1. The molecule has 5 nitrogen and oxygen atoms in total. The second kappa shape index (κ2) is 9.38. The molecule has 0 aromatic heterocycles. The van der Waals surface area contributed by atoms with Gasteiger partial charge in [0.15, 0.2) is 0 Å². The molecule has 164 valence electrons. The third-order valence-corrected chi connectivity index (χ3v) is 7.58. The highest BCUT2D eigenvalue weighted by Gasteiger charge is 2.57. The maximum absolute atomic E-state index is 12.9. The lowest BCUT2D eigenvalue weighted by Gasteiger charge is -2.51. The first kappa shape index (κ1) is 24.2. The number of ether oxygens (including phenoxy) is 1. The van der Waals surface area contributed by atoms with Gasteiger partial charge in [0.1, 0.15) is 0 Å². The van der Waals surface area contributed by atoms with E-state index < -0.39 is 0 Å². The standard InChI is InChI=1S/C21H37N3O2.2ClH/c1-19(2)16-24(12-13-26-19)21(6-4-3-5-7-21)15-23-18(25)17-14-20(17)8-10-22-11-9-20;;/h17,22H,3-16H2,1-2H3,(H,23,25);2*1H. The molecule has 2 saturated carbocycles. The summed E-state index contributed by atoms with van der Waals surface area (Å²) in [6.07, 6.45) is 9.79. The normalized spacial score (nSPS) is 30.6. The van der Waals surface area contributed by atoms with E-state index in [9.17, 15) is 4.79 Å². The predicted octanol–water partition coefficient (Wildman–Crippen LogP) is 3.15. The zero-order valence-corrected chi connectivity index (χ0v) is 19.2.